The van der Waals surface area contributed by atoms with E-state index in [0.29, 0.717) is 19.3 Å². The minimum atomic E-state index is -3.72. The van der Waals surface area contributed by atoms with Gasteiger partial charge in [0.05, 0.1) is 11.4 Å². The van der Waals surface area contributed by atoms with Gasteiger partial charge in [-0.05, 0) is 31.0 Å². The Balaban J connectivity index is 2.28. The number of rotatable bonds is 7. The Kier molecular flexibility index (Phi) is 6.79. The monoisotopic (exact) mass is 355 g/mol. The lowest BCUT2D eigenvalue weighted by Crippen LogP contribution is -2.26. The van der Waals surface area contributed by atoms with E-state index in [-0.39, 0.29) is 11.4 Å². The number of aldehydes is 1. The van der Waals surface area contributed by atoms with Crippen LogP contribution in [0, 0.1) is 18.9 Å². The molecular formula is C20H21NO3S. The van der Waals surface area contributed by atoms with Gasteiger partial charge in [0.15, 0.2) is 0 Å². The van der Waals surface area contributed by atoms with Gasteiger partial charge in [-0.1, -0.05) is 53.9 Å². The van der Waals surface area contributed by atoms with E-state index in [1.54, 1.807) is 24.3 Å². The van der Waals surface area contributed by atoms with Crippen molar-refractivity contribution in [3.8, 4) is 12.0 Å². The summed E-state index contributed by atoms with van der Waals surface area (Å²) in [5.41, 5.74) is 1.86. The molecule has 0 atom stereocenters. The van der Waals surface area contributed by atoms with E-state index in [0.717, 1.165) is 17.4 Å². The predicted octanol–water partition coefficient (Wildman–Crippen LogP) is 3.52. The summed E-state index contributed by atoms with van der Waals surface area (Å²) in [7, 11) is -3.72. The highest BCUT2D eigenvalue weighted by Gasteiger charge is 2.22. The highest BCUT2D eigenvalue weighted by atomic mass is 32.2. The SMILES string of the molecule is Cc1ccc(S(=O)(=O)N(C#CCCCC=O)Cc2ccccc2)cc1. The number of aryl methyl sites for hydroxylation is 1. The maximum atomic E-state index is 12.9. The average Bonchev–Trinajstić information content (AvgIpc) is 2.62. The minimum Gasteiger partial charge on any atom is -0.303 e. The molecule has 5 heteroatoms. The largest absolute Gasteiger partial charge is 0.303 e. The standard InChI is InChI=1S/C20H21NO3S/c1-18-11-13-20(14-12-18)25(23,24)21(15-7-2-3-8-16-22)17-19-9-5-4-6-10-19/h4-6,9-14,16H,2-3,8,17H2,1H3. The zero-order chi connectivity index (χ0) is 18.1. The van der Waals surface area contributed by atoms with Gasteiger partial charge in [0, 0.05) is 18.9 Å². The fraction of sp³-hybridized carbons (Fsp3) is 0.250. The van der Waals surface area contributed by atoms with Crippen LogP contribution in [0.4, 0.5) is 0 Å². The Morgan fingerprint density at radius 3 is 2.36 bits per heavy atom. The number of hydrogen-bond donors (Lipinski definition) is 0. The number of carbonyl (C=O) groups is 1. The molecule has 0 amide bonds. The second kappa shape index (κ2) is 9.05. The molecule has 25 heavy (non-hydrogen) atoms. The van der Waals surface area contributed by atoms with Crippen molar-refractivity contribution in [1.82, 2.24) is 4.31 Å². The molecule has 0 fully saturated rings. The summed E-state index contributed by atoms with van der Waals surface area (Å²) < 4.78 is 27.0. The van der Waals surface area contributed by atoms with Crippen LogP contribution in [-0.4, -0.2) is 19.0 Å². The number of sulfonamides is 1. The Hall–Kier alpha value is -2.58. The minimum absolute atomic E-state index is 0.178. The third-order valence-corrected chi connectivity index (χ3v) is 5.27. The van der Waals surface area contributed by atoms with E-state index in [1.165, 1.54) is 4.31 Å². The van der Waals surface area contributed by atoms with Crippen LogP contribution in [0.1, 0.15) is 30.4 Å². The van der Waals surface area contributed by atoms with Gasteiger partial charge in [-0.15, -0.1) is 0 Å². The Morgan fingerprint density at radius 1 is 1.04 bits per heavy atom. The summed E-state index contributed by atoms with van der Waals surface area (Å²) in [5.74, 6) is 2.87. The first-order valence-corrected chi connectivity index (χ1v) is 9.53. The van der Waals surface area contributed by atoms with Crippen molar-refractivity contribution in [3.63, 3.8) is 0 Å². The molecule has 0 N–H and O–H groups in total. The van der Waals surface area contributed by atoms with Gasteiger partial charge in [0.1, 0.15) is 6.29 Å². The van der Waals surface area contributed by atoms with Gasteiger partial charge in [0.2, 0.25) is 0 Å². The summed E-state index contributed by atoms with van der Waals surface area (Å²) in [5, 5.41) is 0. The second-order valence-electron chi connectivity index (χ2n) is 5.66. The van der Waals surface area contributed by atoms with Crippen LogP contribution in [0.5, 0.6) is 0 Å². The molecule has 0 spiro atoms. The third kappa shape index (κ3) is 5.47. The maximum absolute atomic E-state index is 12.9. The van der Waals surface area contributed by atoms with Crippen LogP contribution in [0.2, 0.25) is 0 Å². The van der Waals surface area contributed by atoms with E-state index >= 15 is 0 Å². The average molecular weight is 355 g/mol. The molecule has 0 bridgehead atoms. The summed E-state index contributed by atoms with van der Waals surface area (Å²) in [6.45, 7) is 2.09. The predicted molar refractivity (Wildman–Crippen MR) is 98.0 cm³/mol. The van der Waals surface area contributed by atoms with E-state index in [4.69, 9.17) is 0 Å². The number of unbranched alkanes of at least 4 members (excludes halogenated alkanes) is 2. The van der Waals surface area contributed by atoms with Gasteiger partial charge < -0.3 is 4.79 Å². The Morgan fingerprint density at radius 2 is 1.72 bits per heavy atom. The molecule has 0 aliphatic rings. The van der Waals surface area contributed by atoms with E-state index in [2.05, 4.69) is 12.0 Å². The zero-order valence-electron chi connectivity index (χ0n) is 14.2. The lowest BCUT2D eigenvalue weighted by Gasteiger charge is -2.18. The molecule has 0 saturated heterocycles. The molecule has 4 nitrogen and oxygen atoms in total. The van der Waals surface area contributed by atoms with Crippen LogP contribution in [0.15, 0.2) is 59.5 Å². The van der Waals surface area contributed by atoms with Crippen molar-refractivity contribution in [2.45, 2.75) is 37.6 Å². The van der Waals surface area contributed by atoms with Gasteiger partial charge in [-0.25, -0.2) is 12.7 Å². The van der Waals surface area contributed by atoms with Crippen molar-refractivity contribution >= 4 is 16.3 Å². The third-order valence-electron chi connectivity index (χ3n) is 3.61. The number of hydrogen-bond acceptors (Lipinski definition) is 3. The molecule has 0 aromatic heterocycles. The van der Waals surface area contributed by atoms with Gasteiger partial charge in [-0.2, -0.15) is 0 Å². The molecular weight excluding hydrogens is 334 g/mol. The maximum Gasteiger partial charge on any atom is 0.271 e. The molecule has 2 aromatic carbocycles. The molecule has 0 aliphatic heterocycles. The van der Waals surface area contributed by atoms with Gasteiger partial charge >= 0.3 is 0 Å². The first-order chi connectivity index (χ1) is 12.0. The summed E-state index contributed by atoms with van der Waals surface area (Å²) in [6.07, 6.45) is 2.37. The van der Waals surface area contributed by atoms with Crippen LogP contribution in [-0.2, 0) is 21.4 Å². The lowest BCUT2D eigenvalue weighted by atomic mass is 10.2. The molecule has 2 aromatic rings. The molecule has 0 unspecified atom stereocenters. The van der Waals surface area contributed by atoms with Gasteiger partial charge in [-0.3, -0.25) is 0 Å². The van der Waals surface area contributed by atoms with Crippen molar-refractivity contribution in [2.75, 3.05) is 0 Å². The van der Waals surface area contributed by atoms with Crippen LogP contribution in [0.3, 0.4) is 0 Å². The summed E-state index contributed by atoms with van der Waals surface area (Å²) in [6, 6.07) is 18.8. The molecule has 0 radical (unpaired) electrons. The zero-order valence-corrected chi connectivity index (χ0v) is 15.0. The molecule has 0 heterocycles. The first kappa shape index (κ1) is 18.8. The van der Waals surface area contributed by atoms with Gasteiger partial charge in [0.25, 0.3) is 10.0 Å². The van der Waals surface area contributed by atoms with Crippen molar-refractivity contribution in [1.29, 1.82) is 0 Å². The molecule has 130 valence electrons. The summed E-state index contributed by atoms with van der Waals surface area (Å²) in [4.78, 5) is 10.6. The highest BCUT2D eigenvalue weighted by Crippen LogP contribution is 2.18. The number of benzene rings is 2. The van der Waals surface area contributed by atoms with Crippen LogP contribution < -0.4 is 0 Å². The van der Waals surface area contributed by atoms with E-state index < -0.39 is 10.0 Å². The van der Waals surface area contributed by atoms with Crippen molar-refractivity contribution in [3.05, 3.63) is 65.7 Å². The van der Waals surface area contributed by atoms with E-state index in [9.17, 15) is 13.2 Å². The first-order valence-electron chi connectivity index (χ1n) is 8.09. The smallest absolute Gasteiger partial charge is 0.271 e. The van der Waals surface area contributed by atoms with Crippen molar-refractivity contribution in [2.24, 2.45) is 0 Å². The van der Waals surface area contributed by atoms with Crippen LogP contribution in [0.25, 0.3) is 0 Å². The number of carbonyl (C=O) groups excluding carboxylic acids is 1. The molecule has 0 aliphatic carbocycles. The fourth-order valence-corrected chi connectivity index (χ4v) is 3.43. The Labute approximate surface area is 149 Å². The quantitative estimate of drug-likeness (QED) is 0.330. The number of nitrogens with zero attached hydrogens (tertiary/aromatic N) is 1. The second-order valence-corrected chi connectivity index (χ2v) is 7.52. The topological polar surface area (TPSA) is 54.5 Å². The molecule has 0 saturated carbocycles. The molecule has 2 rings (SSSR count). The van der Waals surface area contributed by atoms with Crippen LogP contribution >= 0.6 is 0 Å². The summed E-state index contributed by atoms with van der Waals surface area (Å²) >= 11 is 0. The van der Waals surface area contributed by atoms with E-state index in [1.807, 2.05) is 37.3 Å². The fourth-order valence-electron chi connectivity index (χ4n) is 2.19. The highest BCUT2D eigenvalue weighted by molar-refractivity contribution is 7.89. The van der Waals surface area contributed by atoms with Crippen molar-refractivity contribution < 1.29 is 13.2 Å². The Bertz CT molecular complexity index is 847. The lowest BCUT2D eigenvalue weighted by molar-refractivity contribution is -0.107. The normalized spacial score (nSPS) is 10.6.